The Labute approximate surface area is 146 Å². The number of nitrogens with zero attached hydrogens (tertiary/aromatic N) is 4. The molecule has 5 nitrogen and oxygen atoms in total. The van der Waals surface area contributed by atoms with Crippen LogP contribution in [0.4, 0.5) is 16.3 Å². The number of hydrogen-bond donors (Lipinski definition) is 0. The van der Waals surface area contributed by atoms with Gasteiger partial charge in [0.15, 0.2) is 0 Å². The summed E-state index contributed by atoms with van der Waals surface area (Å²) < 4.78 is 1.95. The molecule has 1 fully saturated rings. The van der Waals surface area contributed by atoms with Crippen LogP contribution < -0.4 is 9.80 Å². The van der Waals surface area contributed by atoms with E-state index in [1.165, 1.54) is 0 Å². The molecule has 0 spiro atoms. The van der Waals surface area contributed by atoms with Gasteiger partial charge in [-0.05, 0) is 18.2 Å². The lowest BCUT2D eigenvalue weighted by atomic mass is 10.2. The number of carbonyl (C=O) groups is 1. The summed E-state index contributed by atoms with van der Waals surface area (Å²) in [4.78, 5) is 20.7. The summed E-state index contributed by atoms with van der Waals surface area (Å²) in [5.74, 6) is 0.827. The van der Waals surface area contributed by atoms with Gasteiger partial charge in [0.2, 0.25) is 0 Å². The van der Waals surface area contributed by atoms with Crippen molar-refractivity contribution >= 4 is 40.7 Å². The van der Waals surface area contributed by atoms with Gasteiger partial charge >= 0.3 is 6.03 Å². The number of benzene rings is 1. The molecule has 0 N–H and O–H groups in total. The van der Waals surface area contributed by atoms with Crippen molar-refractivity contribution in [3.8, 4) is 0 Å². The summed E-state index contributed by atoms with van der Waals surface area (Å²) in [6.07, 6.45) is 6.90. The topological polar surface area (TPSA) is 41.4 Å². The van der Waals surface area contributed by atoms with E-state index in [0.717, 1.165) is 28.0 Å². The zero-order valence-corrected chi connectivity index (χ0v) is 13.8. The summed E-state index contributed by atoms with van der Waals surface area (Å²) in [7, 11) is 0. The van der Waals surface area contributed by atoms with E-state index in [4.69, 9.17) is 0 Å². The molecule has 2 aromatic heterocycles. The normalized spacial score (nSPS) is 14.3. The van der Waals surface area contributed by atoms with Gasteiger partial charge in [-0.15, -0.1) is 0 Å². The Morgan fingerprint density at radius 3 is 2.68 bits per heavy atom. The van der Waals surface area contributed by atoms with Gasteiger partial charge in [0.25, 0.3) is 0 Å². The average molecular weight is 330 g/mol. The second kappa shape index (κ2) is 5.94. The molecular formula is C20H18N4O. The molecule has 1 saturated heterocycles. The van der Waals surface area contributed by atoms with E-state index in [1.807, 2.05) is 41.0 Å². The third kappa shape index (κ3) is 2.32. The predicted molar refractivity (Wildman–Crippen MR) is 103 cm³/mol. The van der Waals surface area contributed by atoms with Crippen molar-refractivity contribution in [1.82, 2.24) is 9.55 Å². The van der Waals surface area contributed by atoms with Crippen molar-refractivity contribution in [3.05, 3.63) is 67.5 Å². The molecule has 1 aliphatic rings. The minimum atomic E-state index is -0.0676. The SMILES string of the molecule is C=Cc1ccncc1N1CCN(c2cc3ccccc3n2C=C)C1=O. The van der Waals surface area contributed by atoms with Gasteiger partial charge < -0.3 is 4.57 Å². The fourth-order valence-corrected chi connectivity index (χ4v) is 3.33. The molecule has 0 aliphatic carbocycles. The van der Waals surface area contributed by atoms with Crippen molar-refractivity contribution in [1.29, 1.82) is 0 Å². The average Bonchev–Trinajstić information content (AvgIpc) is 3.21. The van der Waals surface area contributed by atoms with Crippen LogP contribution in [0.15, 0.2) is 61.9 Å². The summed E-state index contributed by atoms with van der Waals surface area (Å²) in [6, 6.07) is 11.8. The van der Waals surface area contributed by atoms with Gasteiger partial charge in [0.05, 0.1) is 17.4 Å². The molecule has 0 radical (unpaired) electrons. The van der Waals surface area contributed by atoms with Crippen molar-refractivity contribution in [2.45, 2.75) is 0 Å². The largest absolute Gasteiger partial charge is 0.330 e. The fourth-order valence-electron chi connectivity index (χ4n) is 3.33. The van der Waals surface area contributed by atoms with Crippen LogP contribution in [0, 0.1) is 0 Å². The Morgan fingerprint density at radius 2 is 1.88 bits per heavy atom. The number of amides is 2. The molecule has 3 heterocycles. The molecule has 3 aromatic rings. The summed E-state index contributed by atoms with van der Waals surface area (Å²) >= 11 is 0. The van der Waals surface area contributed by atoms with Crippen molar-refractivity contribution in [2.75, 3.05) is 22.9 Å². The summed E-state index contributed by atoms with van der Waals surface area (Å²) in [5.41, 5.74) is 2.72. The molecule has 124 valence electrons. The molecule has 1 aromatic carbocycles. The molecule has 1 aliphatic heterocycles. The number of anilines is 2. The first-order valence-electron chi connectivity index (χ1n) is 8.12. The number of urea groups is 1. The highest BCUT2D eigenvalue weighted by Gasteiger charge is 2.33. The van der Waals surface area contributed by atoms with Crippen molar-refractivity contribution < 1.29 is 4.79 Å². The predicted octanol–water partition coefficient (Wildman–Crippen LogP) is 4.23. The van der Waals surface area contributed by atoms with E-state index in [9.17, 15) is 4.79 Å². The van der Waals surface area contributed by atoms with Gasteiger partial charge in [0.1, 0.15) is 5.82 Å². The first kappa shape index (κ1) is 15.2. The van der Waals surface area contributed by atoms with E-state index >= 15 is 0 Å². The molecule has 0 atom stereocenters. The highest BCUT2D eigenvalue weighted by molar-refractivity contribution is 6.08. The van der Waals surface area contributed by atoms with Crippen LogP contribution in [0.5, 0.6) is 0 Å². The number of aromatic nitrogens is 2. The monoisotopic (exact) mass is 330 g/mol. The van der Waals surface area contributed by atoms with E-state index < -0.39 is 0 Å². The molecule has 4 rings (SSSR count). The van der Waals surface area contributed by atoms with Crippen LogP contribution in [0.25, 0.3) is 23.2 Å². The first-order valence-corrected chi connectivity index (χ1v) is 8.12. The lowest BCUT2D eigenvalue weighted by Crippen LogP contribution is -2.33. The summed E-state index contributed by atoms with van der Waals surface area (Å²) in [5, 5.41) is 1.08. The Kier molecular flexibility index (Phi) is 3.61. The Hall–Kier alpha value is -3.34. The molecule has 0 saturated carbocycles. The highest BCUT2D eigenvalue weighted by Crippen LogP contribution is 2.31. The van der Waals surface area contributed by atoms with Gasteiger partial charge in [-0.25, -0.2) is 4.79 Å². The van der Waals surface area contributed by atoms with E-state index in [2.05, 4.69) is 18.1 Å². The van der Waals surface area contributed by atoms with Crippen molar-refractivity contribution in [3.63, 3.8) is 0 Å². The molecule has 2 amide bonds. The number of rotatable bonds is 4. The molecule has 0 bridgehead atoms. The second-order valence-corrected chi connectivity index (χ2v) is 5.84. The molecule has 25 heavy (non-hydrogen) atoms. The van der Waals surface area contributed by atoms with E-state index in [0.29, 0.717) is 13.1 Å². The van der Waals surface area contributed by atoms with Gasteiger partial charge in [-0.1, -0.05) is 37.4 Å². The third-order valence-corrected chi connectivity index (χ3v) is 4.54. The van der Waals surface area contributed by atoms with Crippen LogP contribution in [0.1, 0.15) is 5.56 Å². The maximum Gasteiger partial charge on any atom is 0.330 e. The van der Waals surface area contributed by atoms with Gasteiger partial charge in [0, 0.05) is 36.4 Å². The van der Waals surface area contributed by atoms with E-state index in [-0.39, 0.29) is 6.03 Å². The quantitative estimate of drug-likeness (QED) is 0.718. The van der Waals surface area contributed by atoms with Crippen LogP contribution >= 0.6 is 0 Å². The molecular weight excluding hydrogens is 312 g/mol. The minimum Gasteiger partial charge on any atom is -0.303 e. The van der Waals surface area contributed by atoms with Crippen LogP contribution in [0.2, 0.25) is 0 Å². The van der Waals surface area contributed by atoms with E-state index in [1.54, 1.807) is 34.5 Å². The maximum atomic E-state index is 13.1. The number of hydrogen-bond acceptors (Lipinski definition) is 2. The summed E-state index contributed by atoms with van der Waals surface area (Å²) in [6.45, 7) is 8.93. The Balaban J connectivity index is 1.75. The Bertz CT molecular complexity index is 988. The zero-order chi connectivity index (χ0) is 17.4. The van der Waals surface area contributed by atoms with Crippen LogP contribution in [0.3, 0.4) is 0 Å². The number of fused-ring (bicyclic) bond motifs is 1. The van der Waals surface area contributed by atoms with Crippen LogP contribution in [-0.2, 0) is 0 Å². The van der Waals surface area contributed by atoms with Crippen LogP contribution in [-0.4, -0.2) is 28.7 Å². The lowest BCUT2D eigenvalue weighted by Gasteiger charge is -2.20. The second-order valence-electron chi connectivity index (χ2n) is 5.84. The fraction of sp³-hybridized carbons (Fsp3) is 0.100. The highest BCUT2D eigenvalue weighted by atomic mass is 16.2. The number of carbonyl (C=O) groups excluding carboxylic acids is 1. The molecule has 0 unspecified atom stereocenters. The van der Waals surface area contributed by atoms with Gasteiger partial charge in [-0.3, -0.25) is 14.8 Å². The smallest absolute Gasteiger partial charge is 0.303 e. The third-order valence-electron chi connectivity index (χ3n) is 4.54. The minimum absolute atomic E-state index is 0.0676. The zero-order valence-electron chi connectivity index (χ0n) is 13.8. The number of para-hydroxylation sites is 1. The van der Waals surface area contributed by atoms with Gasteiger partial charge in [-0.2, -0.15) is 0 Å². The standard InChI is InChI=1S/C20H18N4O/c1-3-15-9-10-21-14-18(15)23-11-12-24(20(23)25)19-13-16-7-5-6-8-17(16)22(19)4-2/h3-10,13-14H,1-2,11-12H2. The maximum absolute atomic E-state index is 13.1. The first-order chi connectivity index (χ1) is 12.2. The number of pyridine rings is 1. The van der Waals surface area contributed by atoms with Crippen molar-refractivity contribution in [2.24, 2.45) is 0 Å². The molecule has 5 heteroatoms. The Morgan fingerprint density at radius 1 is 1.08 bits per heavy atom. The lowest BCUT2D eigenvalue weighted by molar-refractivity contribution is 0.255.